The van der Waals surface area contributed by atoms with E-state index in [-0.39, 0.29) is 5.54 Å². The van der Waals surface area contributed by atoms with E-state index in [0.29, 0.717) is 6.04 Å². The highest BCUT2D eigenvalue weighted by molar-refractivity contribution is 5.22. The molecule has 4 nitrogen and oxygen atoms in total. The van der Waals surface area contributed by atoms with Crippen LogP contribution in [0.5, 0.6) is 5.88 Å². The maximum atomic E-state index is 5.45. The van der Waals surface area contributed by atoms with Crippen LogP contribution in [0.2, 0.25) is 0 Å². The molecule has 1 aliphatic heterocycles. The zero-order chi connectivity index (χ0) is 19.3. The average molecular weight is 342 g/mol. The van der Waals surface area contributed by atoms with Crippen LogP contribution in [0.15, 0.2) is 6.20 Å². The van der Waals surface area contributed by atoms with Crippen molar-refractivity contribution in [1.29, 1.82) is 0 Å². The van der Waals surface area contributed by atoms with E-state index in [1.54, 1.807) is 7.11 Å². The van der Waals surface area contributed by atoms with E-state index in [1.165, 1.54) is 0 Å². The SMILES string of the molecule is CC.CC.CC.COc1c(C)cnn1C1CCN(C(C)(C)C)CC1. The van der Waals surface area contributed by atoms with Crippen LogP contribution in [-0.2, 0) is 0 Å². The zero-order valence-corrected chi connectivity index (χ0v) is 18.2. The van der Waals surface area contributed by atoms with Crippen molar-refractivity contribution in [3.63, 3.8) is 0 Å². The maximum Gasteiger partial charge on any atom is 0.214 e. The van der Waals surface area contributed by atoms with Gasteiger partial charge in [0, 0.05) is 24.2 Å². The first kappa shape index (κ1) is 25.2. The fourth-order valence-electron chi connectivity index (χ4n) is 2.73. The Morgan fingerprint density at radius 3 is 1.83 bits per heavy atom. The van der Waals surface area contributed by atoms with Gasteiger partial charge in [-0.15, -0.1) is 0 Å². The second-order valence-corrected chi connectivity index (χ2v) is 6.17. The fraction of sp³-hybridized carbons (Fsp3) is 0.850. The van der Waals surface area contributed by atoms with Crippen LogP contribution in [0, 0.1) is 6.92 Å². The van der Waals surface area contributed by atoms with E-state index in [4.69, 9.17) is 4.74 Å². The second kappa shape index (κ2) is 13.3. The Labute approximate surface area is 151 Å². The van der Waals surface area contributed by atoms with Crippen LogP contribution in [0.4, 0.5) is 0 Å². The summed E-state index contributed by atoms with van der Waals surface area (Å²) in [4.78, 5) is 2.55. The van der Waals surface area contributed by atoms with Crippen molar-refractivity contribution in [2.24, 2.45) is 0 Å². The summed E-state index contributed by atoms with van der Waals surface area (Å²) in [6.45, 7) is 23.2. The number of aromatic nitrogens is 2. The molecule has 1 aliphatic rings. The number of rotatable bonds is 2. The lowest BCUT2D eigenvalue weighted by molar-refractivity contribution is 0.0847. The Bertz CT molecular complexity index is 400. The van der Waals surface area contributed by atoms with E-state index < -0.39 is 0 Å². The standard InChI is InChI=1S/C14H25N3O.3C2H6/c1-11-10-15-17(13(11)18-5)12-6-8-16(9-7-12)14(2,3)4;3*1-2/h10,12H,6-9H2,1-5H3;3*1-2H3. The van der Waals surface area contributed by atoms with Crippen molar-refractivity contribution in [3.05, 3.63) is 11.8 Å². The third-order valence-corrected chi connectivity index (χ3v) is 3.87. The molecule has 2 rings (SSSR count). The Kier molecular flexibility index (Phi) is 14.0. The molecule has 2 heterocycles. The molecule has 0 N–H and O–H groups in total. The number of methoxy groups -OCH3 is 1. The van der Waals surface area contributed by atoms with Crippen molar-refractivity contribution < 1.29 is 4.74 Å². The quantitative estimate of drug-likeness (QED) is 0.689. The van der Waals surface area contributed by atoms with E-state index in [0.717, 1.165) is 37.4 Å². The van der Waals surface area contributed by atoms with E-state index in [2.05, 4.69) is 35.5 Å². The Morgan fingerprint density at radius 2 is 1.46 bits per heavy atom. The number of piperidine rings is 1. The highest BCUT2D eigenvalue weighted by atomic mass is 16.5. The molecule has 0 aromatic carbocycles. The first-order valence-electron chi connectivity index (χ1n) is 9.76. The van der Waals surface area contributed by atoms with Crippen molar-refractivity contribution in [2.75, 3.05) is 20.2 Å². The highest BCUT2D eigenvalue weighted by Gasteiger charge is 2.29. The fourth-order valence-corrected chi connectivity index (χ4v) is 2.73. The number of ether oxygens (including phenoxy) is 1. The predicted octanol–water partition coefficient (Wildman–Crippen LogP) is 5.71. The van der Waals surface area contributed by atoms with Gasteiger partial charge in [0.2, 0.25) is 5.88 Å². The molecule has 1 aromatic rings. The van der Waals surface area contributed by atoms with Gasteiger partial charge in [0.05, 0.1) is 19.3 Å². The maximum absolute atomic E-state index is 5.45. The normalized spacial score (nSPS) is 15.1. The van der Waals surface area contributed by atoms with Gasteiger partial charge in [-0.2, -0.15) is 5.10 Å². The van der Waals surface area contributed by atoms with Gasteiger partial charge in [0.25, 0.3) is 0 Å². The van der Waals surface area contributed by atoms with Gasteiger partial charge in [0.1, 0.15) is 0 Å². The van der Waals surface area contributed by atoms with E-state index >= 15 is 0 Å². The molecule has 0 unspecified atom stereocenters. The molecule has 0 saturated carbocycles. The summed E-state index contributed by atoms with van der Waals surface area (Å²) in [5, 5.41) is 4.47. The monoisotopic (exact) mass is 341 g/mol. The lowest BCUT2D eigenvalue weighted by Crippen LogP contribution is -2.46. The Hall–Kier alpha value is -1.03. The average Bonchev–Trinajstić information content (AvgIpc) is 3.00. The minimum Gasteiger partial charge on any atom is -0.481 e. The summed E-state index contributed by atoms with van der Waals surface area (Å²) in [7, 11) is 1.73. The lowest BCUT2D eigenvalue weighted by Gasteiger charge is -2.41. The first-order valence-corrected chi connectivity index (χ1v) is 9.76. The third kappa shape index (κ3) is 7.25. The first-order chi connectivity index (χ1) is 11.4. The molecule has 0 radical (unpaired) electrons. The molecular formula is C20H43N3O. The number of hydrogen-bond donors (Lipinski definition) is 0. The van der Waals surface area contributed by atoms with Gasteiger partial charge in [-0.05, 0) is 40.5 Å². The molecule has 0 spiro atoms. The van der Waals surface area contributed by atoms with Crippen molar-refractivity contribution in [3.8, 4) is 5.88 Å². The molecule has 144 valence electrons. The van der Waals surface area contributed by atoms with Gasteiger partial charge >= 0.3 is 0 Å². The van der Waals surface area contributed by atoms with Crippen LogP contribution >= 0.6 is 0 Å². The van der Waals surface area contributed by atoms with Gasteiger partial charge < -0.3 is 4.74 Å². The molecule has 1 saturated heterocycles. The molecule has 0 amide bonds. The molecule has 24 heavy (non-hydrogen) atoms. The zero-order valence-electron chi connectivity index (χ0n) is 18.2. The predicted molar refractivity (Wildman–Crippen MR) is 107 cm³/mol. The van der Waals surface area contributed by atoms with E-state index in [1.807, 2.05) is 54.7 Å². The van der Waals surface area contributed by atoms with Gasteiger partial charge in [-0.3, -0.25) is 4.90 Å². The summed E-state index contributed by atoms with van der Waals surface area (Å²) in [6, 6.07) is 0.479. The summed E-state index contributed by atoms with van der Waals surface area (Å²) in [5.41, 5.74) is 1.39. The van der Waals surface area contributed by atoms with Gasteiger partial charge in [-0.1, -0.05) is 41.5 Å². The summed E-state index contributed by atoms with van der Waals surface area (Å²) in [5.74, 6) is 0.921. The van der Waals surface area contributed by atoms with Crippen LogP contribution in [0.3, 0.4) is 0 Å². The largest absolute Gasteiger partial charge is 0.481 e. The summed E-state index contributed by atoms with van der Waals surface area (Å²) in [6.07, 6.45) is 4.19. The second-order valence-electron chi connectivity index (χ2n) is 6.17. The Balaban J connectivity index is 0. The lowest BCUT2D eigenvalue weighted by atomic mass is 9.98. The number of likely N-dealkylation sites (tertiary alicyclic amines) is 1. The van der Waals surface area contributed by atoms with Crippen LogP contribution < -0.4 is 4.74 Å². The molecule has 0 bridgehead atoms. The van der Waals surface area contributed by atoms with Crippen molar-refractivity contribution in [2.45, 2.75) is 93.7 Å². The van der Waals surface area contributed by atoms with Gasteiger partial charge in [0.15, 0.2) is 0 Å². The minimum absolute atomic E-state index is 0.273. The number of hydrogen-bond acceptors (Lipinski definition) is 3. The topological polar surface area (TPSA) is 30.3 Å². The highest BCUT2D eigenvalue weighted by Crippen LogP contribution is 2.30. The van der Waals surface area contributed by atoms with Crippen LogP contribution in [0.25, 0.3) is 0 Å². The molecular weight excluding hydrogens is 298 g/mol. The third-order valence-electron chi connectivity index (χ3n) is 3.87. The Morgan fingerprint density at radius 1 is 1.00 bits per heavy atom. The molecule has 1 fully saturated rings. The smallest absolute Gasteiger partial charge is 0.214 e. The molecule has 4 heteroatoms. The number of nitrogens with zero attached hydrogens (tertiary/aromatic N) is 3. The molecule has 0 atom stereocenters. The van der Waals surface area contributed by atoms with Crippen LogP contribution in [0.1, 0.15) is 86.8 Å². The summed E-state index contributed by atoms with van der Waals surface area (Å²) < 4.78 is 7.52. The molecule has 1 aromatic heterocycles. The van der Waals surface area contributed by atoms with Crippen LogP contribution in [-0.4, -0.2) is 40.4 Å². The van der Waals surface area contributed by atoms with Gasteiger partial charge in [-0.25, -0.2) is 4.68 Å². The minimum atomic E-state index is 0.273. The number of aryl methyl sites for hydroxylation is 1. The van der Waals surface area contributed by atoms with Crippen molar-refractivity contribution in [1.82, 2.24) is 14.7 Å². The van der Waals surface area contributed by atoms with E-state index in [9.17, 15) is 0 Å². The molecule has 0 aliphatic carbocycles. The van der Waals surface area contributed by atoms with Crippen molar-refractivity contribution >= 4 is 0 Å². The summed E-state index contributed by atoms with van der Waals surface area (Å²) >= 11 is 0.